The summed E-state index contributed by atoms with van der Waals surface area (Å²) in [7, 11) is 2.05. The zero-order chi connectivity index (χ0) is 14.9. The molecule has 0 spiro atoms. The maximum atomic E-state index is 3.50. The van der Waals surface area contributed by atoms with Crippen LogP contribution in [0, 0.1) is 34.6 Å². The summed E-state index contributed by atoms with van der Waals surface area (Å²) in [6.45, 7) is 11.0. The van der Waals surface area contributed by atoms with Crippen molar-refractivity contribution >= 4 is 0 Å². The normalized spacial score (nSPS) is 12.5. The number of aryl methyl sites for hydroxylation is 4. The van der Waals surface area contributed by atoms with Crippen molar-refractivity contribution in [2.75, 3.05) is 7.05 Å². The first-order valence-electron chi connectivity index (χ1n) is 7.26. The van der Waals surface area contributed by atoms with Crippen LogP contribution in [-0.2, 0) is 0 Å². The van der Waals surface area contributed by atoms with E-state index >= 15 is 0 Å². The monoisotopic (exact) mass is 267 g/mol. The van der Waals surface area contributed by atoms with Crippen LogP contribution in [-0.4, -0.2) is 7.05 Å². The minimum absolute atomic E-state index is 0.260. The largest absolute Gasteiger partial charge is 0.309 e. The van der Waals surface area contributed by atoms with Gasteiger partial charge in [0.1, 0.15) is 0 Å². The molecule has 2 aromatic carbocycles. The van der Waals surface area contributed by atoms with Gasteiger partial charge < -0.3 is 5.32 Å². The molecule has 0 saturated carbocycles. The molecule has 1 unspecified atom stereocenters. The molecule has 0 bridgehead atoms. The highest BCUT2D eigenvalue weighted by molar-refractivity contribution is 5.47. The number of nitrogens with one attached hydrogen (secondary N) is 1. The van der Waals surface area contributed by atoms with Gasteiger partial charge in [-0.2, -0.15) is 0 Å². The molecule has 2 aromatic rings. The summed E-state index contributed by atoms with van der Waals surface area (Å²) in [6, 6.07) is 11.4. The van der Waals surface area contributed by atoms with E-state index in [2.05, 4.69) is 70.3 Å². The summed E-state index contributed by atoms with van der Waals surface area (Å²) < 4.78 is 0. The van der Waals surface area contributed by atoms with Gasteiger partial charge in [-0.3, -0.25) is 0 Å². The lowest BCUT2D eigenvalue weighted by atomic mass is 9.87. The lowest BCUT2D eigenvalue weighted by Crippen LogP contribution is -2.21. The maximum absolute atomic E-state index is 3.50. The van der Waals surface area contributed by atoms with E-state index < -0.39 is 0 Å². The van der Waals surface area contributed by atoms with Gasteiger partial charge in [-0.1, -0.05) is 35.9 Å². The molecule has 106 valence electrons. The molecule has 0 radical (unpaired) electrons. The molecule has 1 atom stereocenters. The van der Waals surface area contributed by atoms with Gasteiger partial charge in [-0.25, -0.2) is 0 Å². The predicted octanol–water partition coefficient (Wildman–Crippen LogP) is 4.54. The zero-order valence-corrected chi connectivity index (χ0v) is 13.5. The third-order valence-electron chi connectivity index (χ3n) is 4.27. The standard InChI is InChI=1S/C19H25N/c1-12-10-14(3)18(15(4)11-12)19(20-6)17-9-7-8-13(2)16(17)5/h7-11,19-20H,1-6H3. The Morgan fingerprint density at radius 3 is 2.00 bits per heavy atom. The number of benzene rings is 2. The Kier molecular flexibility index (Phi) is 4.29. The van der Waals surface area contributed by atoms with Crippen molar-refractivity contribution < 1.29 is 0 Å². The lowest BCUT2D eigenvalue weighted by Gasteiger charge is -2.24. The molecule has 1 heteroatoms. The second-order valence-corrected chi connectivity index (χ2v) is 5.82. The van der Waals surface area contributed by atoms with Crippen molar-refractivity contribution in [2.45, 2.75) is 40.7 Å². The molecule has 20 heavy (non-hydrogen) atoms. The van der Waals surface area contributed by atoms with E-state index in [-0.39, 0.29) is 6.04 Å². The Bertz CT molecular complexity index is 603. The van der Waals surface area contributed by atoms with Crippen LogP contribution in [0.1, 0.15) is 45.0 Å². The van der Waals surface area contributed by atoms with Crippen molar-refractivity contribution in [3.05, 3.63) is 69.3 Å². The fourth-order valence-corrected chi connectivity index (χ4v) is 3.19. The minimum atomic E-state index is 0.260. The third-order valence-corrected chi connectivity index (χ3v) is 4.27. The fraction of sp³-hybridized carbons (Fsp3) is 0.368. The van der Waals surface area contributed by atoms with Crippen LogP contribution in [0.3, 0.4) is 0 Å². The van der Waals surface area contributed by atoms with E-state index in [9.17, 15) is 0 Å². The van der Waals surface area contributed by atoms with Crippen molar-refractivity contribution in [1.82, 2.24) is 5.32 Å². The SMILES string of the molecule is CNC(c1cccc(C)c1C)c1c(C)cc(C)cc1C. The maximum Gasteiger partial charge on any atom is 0.0582 e. The molecule has 0 amide bonds. The highest BCUT2D eigenvalue weighted by Crippen LogP contribution is 2.31. The summed E-state index contributed by atoms with van der Waals surface area (Å²) in [4.78, 5) is 0. The zero-order valence-electron chi connectivity index (χ0n) is 13.5. The van der Waals surface area contributed by atoms with Crippen LogP contribution in [0.4, 0.5) is 0 Å². The summed E-state index contributed by atoms with van der Waals surface area (Å²) in [5, 5.41) is 3.50. The van der Waals surface area contributed by atoms with E-state index in [0.29, 0.717) is 0 Å². The minimum Gasteiger partial charge on any atom is -0.309 e. The molecular formula is C19H25N. The van der Waals surface area contributed by atoms with Crippen molar-refractivity contribution in [1.29, 1.82) is 0 Å². The van der Waals surface area contributed by atoms with E-state index in [1.165, 1.54) is 38.9 Å². The van der Waals surface area contributed by atoms with Crippen LogP contribution in [0.25, 0.3) is 0 Å². The summed E-state index contributed by atoms with van der Waals surface area (Å²) >= 11 is 0. The molecule has 0 aliphatic rings. The van der Waals surface area contributed by atoms with Gasteiger partial charge in [0.15, 0.2) is 0 Å². The average Bonchev–Trinajstić information content (AvgIpc) is 2.37. The van der Waals surface area contributed by atoms with E-state index in [0.717, 1.165) is 0 Å². The van der Waals surface area contributed by atoms with E-state index in [1.54, 1.807) is 0 Å². The third kappa shape index (κ3) is 2.64. The predicted molar refractivity (Wildman–Crippen MR) is 87.5 cm³/mol. The van der Waals surface area contributed by atoms with Gasteiger partial charge in [0, 0.05) is 0 Å². The summed E-state index contributed by atoms with van der Waals surface area (Å²) in [6.07, 6.45) is 0. The molecule has 0 aliphatic heterocycles. The lowest BCUT2D eigenvalue weighted by molar-refractivity contribution is 0.678. The Labute approximate surface area is 123 Å². The van der Waals surface area contributed by atoms with Crippen LogP contribution in [0.5, 0.6) is 0 Å². The molecule has 1 nitrogen and oxygen atoms in total. The Morgan fingerprint density at radius 1 is 0.850 bits per heavy atom. The first kappa shape index (κ1) is 14.8. The van der Waals surface area contributed by atoms with Gasteiger partial charge in [-0.05, 0) is 75.0 Å². The van der Waals surface area contributed by atoms with Crippen molar-refractivity contribution in [3.63, 3.8) is 0 Å². The quantitative estimate of drug-likeness (QED) is 0.861. The van der Waals surface area contributed by atoms with Crippen LogP contribution < -0.4 is 5.32 Å². The average molecular weight is 267 g/mol. The Morgan fingerprint density at radius 2 is 1.45 bits per heavy atom. The highest BCUT2D eigenvalue weighted by Gasteiger charge is 2.19. The highest BCUT2D eigenvalue weighted by atomic mass is 14.9. The molecule has 1 N–H and O–H groups in total. The van der Waals surface area contributed by atoms with Gasteiger partial charge in [0.05, 0.1) is 6.04 Å². The second kappa shape index (κ2) is 5.80. The van der Waals surface area contributed by atoms with Gasteiger partial charge in [0.2, 0.25) is 0 Å². The van der Waals surface area contributed by atoms with E-state index in [1.807, 2.05) is 7.05 Å². The topological polar surface area (TPSA) is 12.0 Å². The van der Waals surface area contributed by atoms with Crippen LogP contribution in [0.2, 0.25) is 0 Å². The molecule has 0 saturated heterocycles. The molecular weight excluding hydrogens is 242 g/mol. The number of rotatable bonds is 3. The van der Waals surface area contributed by atoms with Gasteiger partial charge in [-0.15, -0.1) is 0 Å². The summed E-state index contributed by atoms with van der Waals surface area (Å²) in [5.41, 5.74) is 9.58. The smallest absolute Gasteiger partial charge is 0.0582 e. The molecule has 0 aromatic heterocycles. The number of hydrogen-bond donors (Lipinski definition) is 1. The van der Waals surface area contributed by atoms with Gasteiger partial charge in [0.25, 0.3) is 0 Å². The van der Waals surface area contributed by atoms with Crippen LogP contribution in [0.15, 0.2) is 30.3 Å². The van der Waals surface area contributed by atoms with Crippen molar-refractivity contribution in [2.24, 2.45) is 0 Å². The first-order valence-corrected chi connectivity index (χ1v) is 7.26. The molecule has 0 aliphatic carbocycles. The van der Waals surface area contributed by atoms with Crippen molar-refractivity contribution in [3.8, 4) is 0 Å². The molecule has 2 rings (SSSR count). The first-order chi connectivity index (χ1) is 9.45. The molecule has 0 heterocycles. The number of hydrogen-bond acceptors (Lipinski definition) is 1. The van der Waals surface area contributed by atoms with Crippen LogP contribution >= 0.6 is 0 Å². The Hall–Kier alpha value is -1.60. The van der Waals surface area contributed by atoms with Gasteiger partial charge >= 0.3 is 0 Å². The Balaban J connectivity index is 2.62. The van der Waals surface area contributed by atoms with E-state index in [4.69, 9.17) is 0 Å². The molecule has 0 fully saturated rings. The fourth-order valence-electron chi connectivity index (χ4n) is 3.19. The summed E-state index contributed by atoms with van der Waals surface area (Å²) in [5.74, 6) is 0. The second-order valence-electron chi connectivity index (χ2n) is 5.82.